The van der Waals surface area contributed by atoms with Crippen LogP contribution in [0.4, 0.5) is 0 Å². The van der Waals surface area contributed by atoms with E-state index >= 15 is 0 Å². The molecule has 4 bridgehead atoms. The highest BCUT2D eigenvalue weighted by molar-refractivity contribution is 5.80. The standard InChI is InChI=1S/C35H33N3O4/c39-27-9-4-8-26(16-27)31-21-38-32(29(36-31)15-22-6-2-1-3-7-22)37-30(17-28-10-5-11-41-28)33(38)42-34(40)35-18-23-12-24(19-35)14-25(13-23)20-35/h1-11,16,21,23-25,39H,12-15,17-20H2. The predicted molar refractivity (Wildman–Crippen MR) is 157 cm³/mol. The third kappa shape index (κ3) is 4.48. The van der Waals surface area contributed by atoms with Crippen LogP contribution in [0.25, 0.3) is 16.9 Å². The second-order valence-electron chi connectivity index (χ2n) is 12.7. The summed E-state index contributed by atoms with van der Waals surface area (Å²) in [5, 5.41) is 10.2. The number of aromatic nitrogens is 3. The van der Waals surface area contributed by atoms with Crippen molar-refractivity contribution >= 4 is 11.6 Å². The molecule has 0 saturated heterocycles. The molecule has 0 unspecified atom stereocenters. The molecule has 3 aromatic heterocycles. The molecule has 0 atom stereocenters. The van der Waals surface area contributed by atoms with Gasteiger partial charge < -0.3 is 14.3 Å². The van der Waals surface area contributed by atoms with Crippen LogP contribution in [0.5, 0.6) is 11.6 Å². The minimum absolute atomic E-state index is 0.121. The third-order valence-corrected chi connectivity index (χ3v) is 9.64. The first-order valence-electron chi connectivity index (χ1n) is 15.0. The fourth-order valence-corrected chi connectivity index (χ4v) is 8.20. The van der Waals surface area contributed by atoms with Gasteiger partial charge in [0.15, 0.2) is 5.65 Å². The van der Waals surface area contributed by atoms with E-state index in [1.54, 1.807) is 24.5 Å². The van der Waals surface area contributed by atoms with Gasteiger partial charge in [-0.2, -0.15) is 0 Å². The number of ether oxygens (including phenoxy) is 1. The van der Waals surface area contributed by atoms with Crippen molar-refractivity contribution in [1.29, 1.82) is 0 Å². The first-order valence-corrected chi connectivity index (χ1v) is 15.0. The van der Waals surface area contributed by atoms with Crippen LogP contribution in [-0.2, 0) is 17.6 Å². The van der Waals surface area contributed by atoms with E-state index in [-0.39, 0.29) is 11.7 Å². The Morgan fingerprint density at radius 3 is 2.36 bits per heavy atom. The van der Waals surface area contributed by atoms with Crippen molar-refractivity contribution < 1.29 is 19.1 Å². The highest BCUT2D eigenvalue weighted by atomic mass is 16.5. The van der Waals surface area contributed by atoms with Crippen LogP contribution < -0.4 is 4.74 Å². The molecule has 2 aromatic carbocycles. The fraction of sp³-hybridized carbons (Fsp3) is 0.343. The van der Waals surface area contributed by atoms with Crippen LogP contribution in [0.15, 0.2) is 83.6 Å². The average Bonchev–Trinajstić information content (AvgIpc) is 3.61. The normalized spacial score (nSPS) is 24.3. The van der Waals surface area contributed by atoms with Crippen molar-refractivity contribution in [1.82, 2.24) is 14.4 Å². The Balaban J connectivity index is 1.27. The van der Waals surface area contributed by atoms with Gasteiger partial charge in [0.05, 0.1) is 29.5 Å². The lowest BCUT2D eigenvalue weighted by atomic mass is 9.49. The molecule has 42 heavy (non-hydrogen) atoms. The second-order valence-corrected chi connectivity index (χ2v) is 12.7. The fourth-order valence-electron chi connectivity index (χ4n) is 8.20. The summed E-state index contributed by atoms with van der Waals surface area (Å²) in [6, 6.07) is 21.0. The lowest BCUT2D eigenvalue weighted by Crippen LogP contribution is -2.51. The summed E-state index contributed by atoms with van der Waals surface area (Å²) in [5.41, 5.74) is 4.19. The van der Waals surface area contributed by atoms with Gasteiger partial charge >= 0.3 is 5.97 Å². The average molecular weight is 560 g/mol. The second kappa shape index (κ2) is 9.86. The van der Waals surface area contributed by atoms with Crippen molar-refractivity contribution in [3.05, 3.63) is 102 Å². The summed E-state index contributed by atoms with van der Waals surface area (Å²) in [5.74, 6) is 3.12. The zero-order chi connectivity index (χ0) is 28.3. The Morgan fingerprint density at radius 1 is 0.905 bits per heavy atom. The number of furan rings is 1. The summed E-state index contributed by atoms with van der Waals surface area (Å²) < 4.78 is 14.1. The molecular formula is C35H33N3O4. The van der Waals surface area contributed by atoms with Crippen LogP contribution in [0, 0.1) is 23.2 Å². The number of fused-ring (bicyclic) bond motifs is 1. The molecule has 0 aliphatic heterocycles. The summed E-state index contributed by atoms with van der Waals surface area (Å²) in [6.07, 6.45) is 11.0. The van der Waals surface area contributed by atoms with E-state index < -0.39 is 5.41 Å². The third-order valence-electron chi connectivity index (χ3n) is 9.64. The molecule has 0 radical (unpaired) electrons. The Morgan fingerprint density at radius 2 is 1.67 bits per heavy atom. The van der Waals surface area contributed by atoms with Gasteiger partial charge in [-0.05, 0) is 86.1 Å². The molecule has 7 heteroatoms. The molecule has 4 saturated carbocycles. The maximum absolute atomic E-state index is 14.2. The molecule has 4 fully saturated rings. The summed E-state index contributed by atoms with van der Waals surface area (Å²) >= 11 is 0. The molecule has 9 rings (SSSR count). The topological polar surface area (TPSA) is 89.9 Å². The summed E-state index contributed by atoms with van der Waals surface area (Å²) in [7, 11) is 0. The van der Waals surface area contributed by atoms with Crippen LogP contribution in [0.2, 0.25) is 0 Å². The number of esters is 1. The summed E-state index contributed by atoms with van der Waals surface area (Å²) in [6.45, 7) is 0. The minimum Gasteiger partial charge on any atom is -0.508 e. The van der Waals surface area contributed by atoms with E-state index in [9.17, 15) is 9.90 Å². The number of rotatable bonds is 7. The minimum atomic E-state index is -0.408. The predicted octanol–water partition coefficient (Wildman–Crippen LogP) is 7.00. The lowest BCUT2D eigenvalue weighted by Gasteiger charge is -2.55. The number of nitrogens with zero attached hydrogens (tertiary/aromatic N) is 3. The smallest absolute Gasteiger partial charge is 0.318 e. The van der Waals surface area contributed by atoms with Gasteiger partial charge in [-0.3, -0.25) is 9.20 Å². The quantitative estimate of drug-likeness (QED) is 0.216. The number of aromatic hydroxyl groups is 1. The number of phenols is 1. The van der Waals surface area contributed by atoms with Gasteiger partial charge in [-0.15, -0.1) is 0 Å². The SMILES string of the molecule is O=C(Oc1c(Cc2ccco2)nc2c(Cc3ccccc3)nc(-c3cccc(O)c3)cn12)C12CC3CC(CC(C3)C1)C2. The van der Waals surface area contributed by atoms with Crippen LogP contribution in [0.3, 0.4) is 0 Å². The number of benzene rings is 2. The van der Waals surface area contributed by atoms with Crippen molar-refractivity contribution in [2.75, 3.05) is 0 Å². The lowest BCUT2D eigenvalue weighted by molar-refractivity contribution is -0.161. The van der Waals surface area contributed by atoms with Crippen molar-refractivity contribution in [2.24, 2.45) is 23.2 Å². The van der Waals surface area contributed by atoms with E-state index in [0.717, 1.165) is 41.8 Å². The van der Waals surface area contributed by atoms with E-state index in [1.165, 1.54) is 19.3 Å². The zero-order valence-electron chi connectivity index (χ0n) is 23.4. The first-order chi connectivity index (χ1) is 20.5. The number of phenolic OH excluding ortho intramolecular Hbond substituents is 1. The van der Waals surface area contributed by atoms with Gasteiger partial charge in [0.2, 0.25) is 5.88 Å². The van der Waals surface area contributed by atoms with Gasteiger partial charge in [0, 0.05) is 18.2 Å². The van der Waals surface area contributed by atoms with Gasteiger partial charge in [-0.1, -0.05) is 42.5 Å². The molecule has 4 aliphatic carbocycles. The first kappa shape index (κ1) is 25.3. The molecule has 4 aliphatic rings. The highest BCUT2D eigenvalue weighted by Crippen LogP contribution is 2.60. The monoisotopic (exact) mass is 559 g/mol. The Kier molecular flexibility index (Phi) is 5.95. The molecule has 0 spiro atoms. The maximum Gasteiger partial charge on any atom is 0.318 e. The van der Waals surface area contributed by atoms with Gasteiger partial charge in [0.25, 0.3) is 0 Å². The Bertz CT molecular complexity index is 1740. The molecule has 0 amide bonds. The van der Waals surface area contributed by atoms with E-state index in [0.29, 0.717) is 53.5 Å². The van der Waals surface area contributed by atoms with Gasteiger partial charge in [-0.25, -0.2) is 9.97 Å². The number of hydrogen-bond donors (Lipinski definition) is 1. The van der Waals surface area contributed by atoms with Gasteiger partial charge in [0.1, 0.15) is 17.2 Å². The van der Waals surface area contributed by atoms with Crippen LogP contribution in [0.1, 0.15) is 61.2 Å². The number of hydrogen-bond acceptors (Lipinski definition) is 6. The van der Waals surface area contributed by atoms with E-state index in [4.69, 9.17) is 19.1 Å². The Hall–Kier alpha value is -4.39. The largest absolute Gasteiger partial charge is 0.508 e. The molecule has 212 valence electrons. The van der Waals surface area contributed by atoms with Crippen LogP contribution >= 0.6 is 0 Å². The number of carbonyl (C=O) groups excluding carboxylic acids is 1. The van der Waals surface area contributed by atoms with E-state index in [2.05, 4.69) is 12.1 Å². The van der Waals surface area contributed by atoms with E-state index in [1.807, 2.05) is 47.0 Å². The van der Waals surface area contributed by atoms with Crippen LogP contribution in [-0.4, -0.2) is 25.4 Å². The highest BCUT2D eigenvalue weighted by Gasteiger charge is 2.56. The number of imidazole rings is 1. The van der Waals surface area contributed by atoms with Crippen molar-refractivity contribution in [3.8, 4) is 22.9 Å². The molecule has 1 N–H and O–H groups in total. The van der Waals surface area contributed by atoms with Crippen molar-refractivity contribution in [3.63, 3.8) is 0 Å². The molecule has 3 heterocycles. The molecular weight excluding hydrogens is 526 g/mol. The number of carbonyl (C=O) groups is 1. The zero-order valence-corrected chi connectivity index (χ0v) is 23.4. The maximum atomic E-state index is 14.2. The molecule has 7 nitrogen and oxygen atoms in total. The molecule has 5 aromatic rings. The Labute approximate surface area is 244 Å². The summed E-state index contributed by atoms with van der Waals surface area (Å²) in [4.78, 5) is 24.3. The van der Waals surface area contributed by atoms with Crippen molar-refractivity contribution in [2.45, 2.75) is 51.4 Å².